The van der Waals surface area contributed by atoms with E-state index in [1.165, 1.54) is 11.8 Å². The molecule has 1 fully saturated rings. The molecule has 1 aliphatic rings. The van der Waals surface area contributed by atoms with Crippen LogP contribution in [0.2, 0.25) is 0 Å². The first-order chi connectivity index (χ1) is 9.20. The first-order valence-electron chi connectivity index (χ1n) is 6.07. The van der Waals surface area contributed by atoms with Gasteiger partial charge in [0.2, 0.25) is 0 Å². The Kier molecular flexibility index (Phi) is 3.16. The summed E-state index contributed by atoms with van der Waals surface area (Å²) in [6, 6.07) is 0.337. The third kappa shape index (κ3) is 2.31. The van der Waals surface area contributed by atoms with Gasteiger partial charge in [-0.05, 0) is 24.6 Å². The van der Waals surface area contributed by atoms with Gasteiger partial charge in [-0.2, -0.15) is 0 Å². The summed E-state index contributed by atoms with van der Waals surface area (Å²) in [5.41, 5.74) is 0.643. The molecule has 2 aromatic heterocycles. The molecule has 1 saturated carbocycles. The third-order valence-corrected chi connectivity index (χ3v) is 4.20. The molecular formula is C12H14N4O2S. The molecule has 0 aliphatic heterocycles. The van der Waals surface area contributed by atoms with Crippen molar-refractivity contribution in [1.82, 2.24) is 19.1 Å². The van der Waals surface area contributed by atoms with Crippen LogP contribution in [0.1, 0.15) is 24.6 Å². The molecule has 2 aromatic rings. The second-order valence-electron chi connectivity index (χ2n) is 4.53. The number of aliphatic hydroxyl groups excluding tert-OH is 1. The van der Waals surface area contributed by atoms with Gasteiger partial charge in [0.25, 0.3) is 5.56 Å². The lowest BCUT2D eigenvalue weighted by molar-refractivity contribution is 0.271. The maximum atomic E-state index is 12.2. The van der Waals surface area contributed by atoms with Gasteiger partial charge < -0.3 is 14.2 Å². The van der Waals surface area contributed by atoms with Crippen molar-refractivity contribution in [3.8, 4) is 0 Å². The molecule has 0 atom stereocenters. The highest BCUT2D eigenvalue weighted by molar-refractivity contribution is 7.99. The van der Waals surface area contributed by atoms with E-state index in [0.29, 0.717) is 21.9 Å². The third-order valence-electron chi connectivity index (χ3n) is 3.17. The molecule has 1 N–H and O–H groups in total. The summed E-state index contributed by atoms with van der Waals surface area (Å²) in [4.78, 5) is 20.6. The summed E-state index contributed by atoms with van der Waals surface area (Å²) in [5.74, 6) is 0. The van der Waals surface area contributed by atoms with Crippen LogP contribution < -0.4 is 5.56 Å². The summed E-state index contributed by atoms with van der Waals surface area (Å²) in [6.45, 7) is -0.0708. The Balaban J connectivity index is 1.92. The predicted molar refractivity (Wildman–Crippen MR) is 70.0 cm³/mol. The molecule has 7 heteroatoms. The topological polar surface area (TPSA) is 72.9 Å². The second-order valence-corrected chi connectivity index (χ2v) is 5.48. The standard InChI is InChI=1S/C12H14N4O2S/c1-15-9(7-17)6-14-12(15)19-10-11(18)16(5-4-13-10)8-2-3-8/h4-6,8,17H,2-3,7H2,1H3. The van der Waals surface area contributed by atoms with E-state index in [-0.39, 0.29) is 12.2 Å². The molecule has 0 bridgehead atoms. The van der Waals surface area contributed by atoms with Crippen LogP contribution >= 0.6 is 11.8 Å². The van der Waals surface area contributed by atoms with Crippen molar-refractivity contribution in [3.63, 3.8) is 0 Å². The van der Waals surface area contributed by atoms with Crippen molar-refractivity contribution in [2.24, 2.45) is 7.05 Å². The zero-order valence-corrected chi connectivity index (χ0v) is 11.3. The van der Waals surface area contributed by atoms with Crippen molar-refractivity contribution >= 4 is 11.8 Å². The van der Waals surface area contributed by atoms with Crippen molar-refractivity contribution < 1.29 is 5.11 Å². The number of imidazole rings is 1. The van der Waals surface area contributed by atoms with Crippen LogP contribution in [0.25, 0.3) is 0 Å². The van der Waals surface area contributed by atoms with Crippen molar-refractivity contribution in [2.45, 2.75) is 35.7 Å². The summed E-state index contributed by atoms with van der Waals surface area (Å²) in [5, 5.41) is 10.2. The summed E-state index contributed by atoms with van der Waals surface area (Å²) >= 11 is 1.23. The van der Waals surface area contributed by atoms with E-state index in [9.17, 15) is 4.79 Å². The summed E-state index contributed by atoms with van der Waals surface area (Å²) < 4.78 is 3.51. The molecule has 0 amide bonds. The average Bonchev–Trinajstić information content (AvgIpc) is 3.19. The maximum Gasteiger partial charge on any atom is 0.283 e. The molecule has 6 nitrogen and oxygen atoms in total. The molecule has 2 heterocycles. The van der Waals surface area contributed by atoms with Crippen LogP contribution in [-0.2, 0) is 13.7 Å². The lowest BCUT2D eigenvalue weighted by Crippen LogP contribution is -2.21. The normalized spacial score (nSPS) is 14.8. The van der Waals surface area contributed by atoms with Crippen LogP contribution in [0, 0.1) is 0 Å². The lowest BCUT2D eigenvalue weighted by atomic mass is 10.5. The Morgan fingerprint density at radius 1 is 1.47 bits per heavy atom. The molecule has 0 aromatic carbocycles. The van der Waals surface area contributed by atoms with E-state index in [0.717, 1.165) is 12.8 Å². The first kappa shape index (κ1) is 12.4. The van der Waals surface area contributed by atoms with Gasteiger partial charge in [-0.1, -0.05) is 0 Å². The summed E-state index contributed by atoms with van der Waals surface area (Å²) in [6.07, 6.45) is 7.11. The molecule has 0 spiro atoms. The molecule has 3 rings (SSSR count). The van der Waals surface area contributed by atoms with Gasteiger partial charge in [0, 0.05) is 25.5 Å². The van der Waals surface area contributed by atoms with Gasteiger partial charge in [0.15, 0.2) is 10.2 Å². The minimum atomic E-state index is -0.0708. The number of rotatable bonds is 4. The van der Waals surface area contributed by atoms with Crippen LogP contribution in [0.4, 0.5) is 0 Å². The number of aromatic nitrogens is 4. The summed E-state index contributed by atoms with van der Waals surface area (Å²) in [7, 11) is 1.81. The van der Waals surface area contributed by atoms with E-state index < -0.39 is 0 Å². The van der Waals surface area contributed by atoms with E-state index in [1.54, 1.807) is 27.7 Å². The fourth-order valence-electron chi connectivity index (χ4n) is 1.87. The van der Waals surface area contributed by atoms with Crippen molar-refractivity contribution in [2.75, 3.05) is 0 Å². The minimum absolute atomic E-state index is 0.0662. The first-order valence-corrected chi connectivity index (χ1v) is 6.89. The number of hydrogen-bond acceptors (Lipinski definition) is 5. The Morgan fingerprint density at radius 2 is 2.26 bits per heavy atom. The molecule has 19 heavy (non-hydrogen) atoms. The molecule has 0 saturated heterocycles. The average molecular weight is 278 g/mol. The van der Waals surface area contributed by atoms with Crippen molar-refractivity contribution in [1.29, 1.82) is 0 Å². The van der Waals surface area contributed by atoms with Gasteiger partial charge in [-0.3, -0.25) is 4.79 Å². The highest BCUT2D eigenvalue weighted by atomic mass is 32.2. The van der Waals surface area contributed by atoms with Gasteiger partial charge in [-0.25, -0.2) is 9.97 Å². The second kappa shape index (κ2) is 4.82. The zero-order valence-electron chi connectivity index (χ0n) is 10.5. The SMILES string of the molecule is Cn1c(CO)cnc1Sc1nccn(C2CC2)c1=O. The Hall–Kier alpha value is -1.60. The fraction of sp³-hybridized carbons (Fsp3) is 0.417. The highest BCUT2D eigenvalue weighted by Gasteiger charge is 2.25. The fourth-order valence-corrected chi connectivity index (χ4v) is 2.71. The predicted octanol–water partition coefficient (Wildman–Crippen LogP) is 0.955. The lowest BCUT2D eigenvalue weighted by Gasteiger charge is -2.06. The van der Waals surface area contributed by atoms with Gasteiger partial charge in [-0.15, -0.1) is 0 Å². The Bertz CT molecular complexity index is 660. The van der Waals surface area contributed by atoms with Gasteiger partial charge in [0.1, 0.15) is 0 Å². The van der Waals surface area contributed by atoms with Crippen LogP contribution in [0.3, 0.4) is 0 Å². The van der Waals surface area contributed by atoms with Gasteiger partial charge in [0.05, 0.1) is 18.5 Å². The molecule has 0 radical (unpaired) electrons. The number of aliphatic hydroxyl groups is 1. The van der Waals surface area contributed by atoms with E-state index >= 15 is 0 Å². The van der Waals surface area contributed by atoms with E-state index in [1.807, 2.05) is 7.05 Å². The minimum Gasteiger partial charge on any atom is -0.390 e. The Labute approximate surface area is 114 Å². The van der Waals surface area contributed by atoms with Gasteiger partial charge >= 0.3 is 0 Å². The zero-order chi connectivity index (χ0) is 13.4. The van der Waals surface area contributed by atoms with Crippen LogP contribution in [0.15, 0.2) is 33.6 Å². The van der Waals surface area contributed by atoms with Crippen LogP contribution in [0.5, 0.6) is 0 Å². The highest BCUT2D eigenvalue weighted by Crippen LogP contribution is 2.33. The van der Waals surface area contributed by atoms with E-state index in [2.05, 4.69) is 9.97 Å². The largest absolute Gasteiger partial charge is 0.390 e. The molecule has 1 aliphatic carbocycles. The number of nitrogens with zero attached hydrogens (tertiary/aromatic N) is 4. The smallest absolute Gasteiger partial charge is 0.283 e. The van der Waals surface area contributed by atoms with Crippen molar-refractivity contribution in [3.05, 3.63) is 34.6 Å². The molecular weight excluding hydrogens is 264 g/mol. The monoisotopic (exact) mass is 278 g/mol. The maximum absolute atomic E-state index is 12.2. The molecule has 0 unspecified atom stereocenters. The van der Waals surface area contributed by atoms with E-state index in [4.69, 9.17) is 5.11 Å². The molecule has 100 valence electrons. The Morgan fingerprint density at radius 3 is 2.89 bits per heavy atom. The quantitative estimate of drug-likeness (QED) is 0.901. The number of hydrogen-bond donors (Lipinski definition) is 1. The van der Waals surface area contributed by atoms with Crippen LogP contribution in [-0.4, -0.2) is 24.2 Å².